The van der Waals surface area contributed by atoms with Crippen LogP contribution in [-0.4, -0.2) is 9.97 Å². The molecule has 3 heterocycles. The Labute approximate surface area is 294 Å². The van der Waals surface area contributed by atoms with Crippen molar-refractivity contribution >= 4 is 31.5 Å². The fourth-order valence-corrected chi connectivity index (χ4v) is 6.22. The van der Waals surface area contributed by atoms with Crippen LogP contribution in [0, 0.1) is 19.0 Å². The molecule has 46 heavy (non-hydrogen) atoms. The zero-order valence-electron chi connectivity index (χ0n) is 29.6. The van der Waals surface area contributed by atoms with E-state index in [1.54, 1.807) is 53.9 Å². The van der Waals surface area contributed by atoms with Crippen LogP contribution >= 0.6 is 11.3 Å². The maximum Gasteiger partial charge on any atom is 0.0366 e. The van der Waals surface area contributed by atoms with Gasteiger partial charge in [-0.25, -0.2) is 0 Å². The normalized spacial score (nSPS) is 12.8. The second-order valence-corrected chi connectivity index (χ2v) is 11.5. The van der Waals surface area contributed by atoms with Crippen molar-refractivity contribution in [1.29, 1.82) is 0 Å². The Balaban J connectivity index is 0.000000200. The number of hydrogen-bond acceptors (Lipinski definition) is 3. The largest absolute Gasteiger partial charge is 0.305 e. The van der Waals surface area contributed by atoms with Gasteiger partial charge in [0.15, 0.2) is 0 Å². The number of pyridine rings is 2. The van der Waals surface area contributed by atoms with E-state index in [0.717, 1.165) is 26.7 Å². The standard InChI is InChI=1S/C25H18NS.C17H12N.Ir/c1-17-16-26-23(15-20(17)13-18-7-3-2-4-8-18)19-11-12-25-22(14-19)21-9-5-6-10-24(21)27-25;1-2-7-14(8-3-1)15-9-6-10-16(13-15)17-11-4-5-12-18-17;/h2-10,12,14-16H,13H2,1H3;1-9,11-13H;/q2*-1;/i1D3,13D2;;. The number of aryl methyl sites for hydroxylation is 1. The minimum atomic E-state index is -2.49. The molecule has 0 aliphatic rings. The van der Waals surface area contributed by atoms with Crippen LogP contribution in [0.25, 0.3) is 53.8 Å². The van der Waals surface area contributed by atoms with Crippen LogP contribution in [0.5, 0.6) is 0 Å². The molecule has 0 amide bonds. The van der Waals surface area contributed by atoms with Gasteiger partial charge in [0.25, 0.3) is 0 Å². The monoisotopic (exact) mass is 792 g/mol. The van der Waals surface area contributed by atoms with Gasteiger partial charge in [-0.1, -0.05) is 102 Å². The number of rotatable bonds is 5. The molecule has 4 heteroatoms. The summed E-state index contributed by atoms with van der Waals surface area (Å²) >= 11 is 1.69. The van der Waals surface area contributed by atoms with E-state index in [0.29, 0.717) is 16.8 Å². The molecule has 0 bridgehead atoms. The van der Waals surface area contributed by atoms with E-state index in [9.17, 15) is 0 Å². The van der Waals surface area contributed by atoms with E-state index < -0.39 is 13.2 Å². The summed E-state index contributed by atoms with van der Waals surface area (Å²) in [7, 11) is 0. The van der Waals surface area contributed by atoms with Crippen LogP contribution in [0.4, 0.5) is 0 Å². The Morgan fingerprint density at radius 2 is 1.43 bits per heavy atom. The summed E-state index contributed by atoms with van der Waals surface area (Å²) in [6.07, 6.45) is 1.09. The van der Waals surface area contributed by atoms with Crippen LogP contribution in [0.3, 0.4) is 0 Å². The van der Waals surface area contributed by atoms with Gasteiger partial charge in [0.05, 0.1) is 0 Å². The molecular formula is C42H30IrN2S-2. The molecule has 8 aromatic rings. The van der Waals surface area contributed by atoms with Gasteiger partial charge in [0.1, 0.15) is 0 Å². The van der Waals surface area contributed by atoms with Crippen molar-refractivity contribution in [3.63, 3.8) is 0 Å². The van der Waals surface area contributed by atoms with Gasteiger partial charge in [-0.05, 0) is 69.1 Å². The molecule has 2 nitrogen and oxygen atoms in total. The summed E-state index contributed by atoms with van der Waals surface area (Å²) < 4.78 is 43.6. The Morgan fingerprint density at radius 1 is 0.674 bits per heavy atom. The van der Waals surface area contributed by atoms with Crippen molar-refractivity contribution in [2.45, 2.75) is 13.2 Å². The van der Waals surface area contributed by atoms with Gasteiger partial charge in [0, 0.05) is 44.1 Å². The molecule has 3 aromatic heterocycles. The quantitative estimate of drug-likeness (QED) is 0.162. The zero-order valence-corrected chi connectivity index (χ0v) is 27.8. The van der Waals surface area contributed by atoms with E-state index in [1.165, 1.54) is 22.0 Å². The summed E-state index contributed by atoms with van der Waals surface area (Å²) in [5.41, 5.74) is 5.97. The first-order valence-corrected chi connectivity index (χ1v) is 15.4. The van der Waals surface area contributed by atoms with Crippen LogP contribution in [0.1, 0.15) is 23.5 Å². The van der Waals surface area contributed by atoms with Gasteiger partial charge in [-0.2, -0.15) is 11.3 Å². The second-order valence-electron chi connectivity index (χ2n) is 10.4. The third-order valence-electron chi connectivity index (χ3n) is 7.39. The Kier molecular flexibility index (Phi) is 8.07. The molecule has 5 aromatic carbocycles. The van der Waals surface area contributed by atoms with Crippen LogP contribution in [-0.2, 0) is 26.5 Å². The topological polar surface area (TPSA) is 25.8 Å². The molecule has 0 saturated carbocycles. The van der Waals surface area contributed by atoms with Crippen molar-refractivity contribution in [3.05, 3.63) is 181 Å². The van der Waals surface area contributed by atoms with E-state index in [4.69, 9.17) is 6.85 Å². The smallest absolute Gasteiger partial charge is 0.0366 e. The minimum absolute atomic E-state index is 0. The Morgan fingerprint density at radius 3 is 2.24 bits per heavy atom. The number of aromatic nitrogens is 2. The van der Waals surface area contributed by atoms with Gasteiger partial charge in [-0.15, -0.1) is 59.2 Å². The number of thiophene rings is 1. The van der Waals surface area contributed by atoms with Crippen molar-refractivity contribution in [1.82, 2.24) is 9.97 Å². The molecule has 0 unspecified atom stereocenters. The zero-order chi connectivity index (χ0) is 34.7. The third kappa shape index (κ3) is 7.06. The Hall–Kier alpha value is -4.73. The molecule has 0 aliphatic carbocycles. The molecule has 0 spiro atoms. The van der Waals surface area contributed by atoms with E-state index in [-0.39, 0.29) is 31.2 Å². The predicted molar refractivity (Wildman–Crippen MR) is 189 cm³/mol. The number of hydrogen-bond donors (Lipinski definition) is 0. The summed E-state index contributed by atoms with van der Waals surface area (Å²) in [6, 6.07) is 51.1. The third-order valence-corrected chi connectivity index (χ3v) is 8.53. The van der Waals surface area contributed by atoms with Crippen molar-refractivity contribution < 1.29 is 27.0 Å². The van der Waals surface area contributed by atoms with Crippen LogP contribution in [0.2, 0.25) is 0 Å². The van der Waals surface area contributed by atoms with Crippen molar-refractivity contribution in [2.75, 3.05) is 0 Å². The summed E-state index contributed by atoms with van der Waals surface area (Å²) in [6.45, 7) is -2.49. The van der Waals surface area contributed by atoms with Gasteiger partial charge in [0.2, 0.25) is 0 Å². The second kappa shape index (κ2) is 14.6. The van der Waals surface area contributed by atoms with Gasteiger partial charge in [-0.3, -0.25) is 0 Å². The average molecular weight is 792 g/mol. The van der Waals surface area contributed by atoms with E-state index in [1.807, 2.05) is 66.7 Å². The van der Waals surface area contributed by atoms with Crippen molar-refractivity contribution in [2.24, 2.45) is 0 Å². The molecule has 1 radical (unpaired) electrons. The minimum Gasteiger partial charge on any atom is -0.305 e. The maximum atomic E-state index is 8.78. The SMILES string of the molecule is [2H]C([2H])([2H])c1cnc(-c2[c-]cc3sc4ccccc4c3c2)cc1C([2H])([2H])c1ccccc1.[Ir].[c-]1ccc(-c2ccccc2)cc1-c1ccccn1. The molecule has 0 fully saturated rings. The average Bonchev–Trinajstić information content (AvgIpc) is 3.54. The molecule has 0 saturated heterocycles. The fourth-order valence-electron chi connectivity index (χ4n) is 5.15. The molecular weight excluding hydrogens is 757 g/mol. The summed E-state index contributed by atoms with van der Waals surface area (Å²) in [5.74, 6) is 0. The molecule has 0 aliphatic heterocycles. The first kappa shape index (κ1) is 25.5. The number of benzene rings is 5. The summed E-state index contributed by atoms with van der Waals surface area (Å²) in [5, 5.41) is 2.22. The van der Waals surface area contributed by atoms with Crippen molar-refractivity contribution in [3.8, 4) is 33.6 Å². The first-order chi connectivity index (χ1) is 24.2. The summed E-state index contributed by atoms with van der Waals surface area (Å²) in [4.78, 5) is 8.75. The Bertz CT molecular complexity index is 2340. The predicted octanol–water partition coefficient (Wildman–Crippen LogP) is 11.0. The van der Waals surface area contributed by atoms with E-state index >= 15 is 0 Å². The number of nitrogens with zero attached hydrogens (tertiary/aromatic N) is 2. The maximum absolute atomic E-state index is 8.78. The molecule has 0 atom stereocenters. The van der Waals surface area contributed by atoms with E-state index in [2.05, 4.69) is 58.5 Å². The molecule has 0 N–H and O–H groups in total. The van der Waals surface area contributed by atoms with Gasteiger partial charge >= 0.3 is 0 Å². The first-order valence-electron chi connectivity index (χ1n) is 17.1. The molecule has 8 rings (SSSR count). The van der Waals surface area contributed by atoms with Gasteiger partial charge < -0.3 is 9.97 Å². The fraction of sp³-hybridized carbons (Fsp3) is 0.0476. The number of fused-ring (bicyclic) bond motifs is 3. The van der Waals surface area contributed by atoms with Crippen LogP contribution in [0.15, 0.2) is 152 Å². The van der Waals surface area contributed by atoms with Crippen LogP contribution < -0.4 is 0 Å². The molecule has 225 valence electrons.